The minimum absolute atomic E-state index is 0.0733. The first-order valence-electron chi connectivity index (χ1n) is 6.56. The van der Waals surface area contributed by atoms with Crippen LogP contribution >= 0.6 is 11.3 Å². The van der Waals surface area contributed by atoms with E-state index in [2.05, 4.69) is 10.0 Å². The van der Waals surface area contributed by atoms with E-state index < -0.39 is 10.0 Å². The van der Waals surface area contributed by atoms with Gasteiger partial charge in [-0.05, 0) is 24.3 Å². The summed E-state index contributed by atoms with van der Waals surface area (Å²) in [5, 5.41) is 5.08. The van der Waals surface area contributed by atoms with Gasteiger partial charge in [-0.15, -0.1) is 11.3 Å². The Morgan fingerprint density at radius 3 is 2.37 bits per heavy atom. The van der Waals surface area contributed by atoms with Crippen molar-refractivity contribution < 1.29 is 8.42 Å². The van der Waals surface area contributed by atoms with Crippen LogP contribution in [-0.2, 0) is 16.6 Å². The topological polar surface area (TPSA) is 58.2 Å². The Morgan fingerprint density at radius 2 is 1.84 bits per heavy atom. The van der Waals surface area contributed by atoms with Gasteiger partial charge in [0.05, 0.1) is 4.90 Å². The summed E-state index contributed by atoms with van der Waals surface area (Å²) in [6.07, 6.45) is 0. The molecular weight excluding hydrogens is 280 g/mol. The van der Waals surface area contributed by atoms with Crippen molar-refractivity contribution in [1.82, 2.24) is 10.0 Å². The lowest BCUT2D eigenvalue weighted by Gasteiger charge is -2.18. The van der Waals surface area contributed by atoms with Crippen molar-refractivity contribution in [3.63, 3.8) is 0 Å². The van der Waals surface area contributed by atoms with Crippen molar-refractivity contribution in [3.05, 3.63) is 16.3 Å². The highest BCUT2D eigenvalue weighted by molar-refractivity contribution is 7.89. The standard InChI is InChI=1S/C13H24N2O2S2/c1-9(2)11(5)15-19(16,17)13-6-7-18-12(13)8-14-10(3)4/h6-7,9-11,14-15H,8H2,1-5H3. The number of rotatable bonds is 7. The third-order valence-electron chi connectivity index (χ3n) is 3.01. The molecule has 0 spiro atoms. The fourth-order valence-corrected chi connectivity index (χ4v) is 4.22. The van der Waals surface area contributed by atoms with Gasteiger partial charge in [0, 0.05) is 23.5 Å². The van der Waals surface area contributed by atoms with Crippen LogP contribution in [0, 0.1) is 5.92 Å². The second-order valence-electron chi connectivity index (χ2n) is 5.40. The Labute approximate surface area is 120 Å². The molecule has 0 aliphatic rings. The summed E-state index contributed by atoms with van der Waals surface area (Å²) in [6, 6.07) is 1.94. The second-order valence-corrected chi connectivity index (χ2v) is 8.08. The summed E-state index contributed by atoms with van der Waals surface area (Å²) < 4.78 is 27.4. The van der Waals surface area contributed by atoms with E-state index in [4.69, 9.17) is 0 Å². The Balaban J connectivity index is 2.87. The maximum absolute atomic E-state index is 12.3. The maximum Gasteiger partial charge on any atom is 0.241 e. The van der Waals surface area contributed by atoms with Gasteiger partial charge in [-0.3, -0.25) is 0 Å². The van der Waals surface area contributed by atoms with Crippen LogP contribution in [0.25, 0.3) is 0 Å². The molecule has 110 valence electrons. The second kappa shape index (κ2) is 6.83. The number of hydrogen-bond donors (Lipinski definition) is 2. The molecule has 1 heterocycles. The van der Waals surface area contributed by atoms with Crippen LogP contribution in [0.1, 0.15) is 39.5 Å². The fourth-order valence-electron chi connectivity index (χ4n) is 1.44. The zero-order chi connectivity index (χ0) is 14.6. The van der Waals surface area contributed by atoms with Crippen LogP contribution in [0.5, 0.6) is 0 Å². The summed E-state index contributed by atoms with van der Waals surface area (Å²) >= 11 is 1.47. The summed E-state index contributed by atoms with van der Waals surface area (Å²) in [5.41, 5.74) is 0. The van der Waals surface area contributed by atoms with Gasteiger partial charge in [-0.25, -0.2) is 13.1 Å². The average Bonchev–Trinajstić information content (AvgIpc) is 2.74. The van der Waals surface area contributed by atoms with E-state index in [0.717, 1.165) is 4.88 Å². The quantitative estimate of drug-likeness (QED) is 0.814. The first-order chi connectivity index (χ1) is 8.74. The van der Waals surface area contributed by atoms with Crippen molar-refractivity contribution in [2.75, 3.05) is 0 Å². The van der Waals surface area contributed by atoms with Gasteiger partial charge in [-0.1, -0.05) is 27.7 Å². The minimum Gasteiger partial charge on any atom is -0.310 e. The molecule has 1 atom stereocenters. The molecule has 6 heteroatoms. The highest BCUT2D eigenvalue weighted by atomic mass is 32.2. The maximum atomic E-state index is 12.3. The van der Waals surface area contributed by atoms with Crippen LogP contribution in [0.15, 0.2) is 16.3 Å². The summed E-state index contributed by atoms with van der Waals surface area (Å²) in [6.45, 7) is 10.6. The Bertz CT molecular complexity index is 492. The van der Waals surface area contributed by atoms with E-state index in [1.807, 2.05) is 40.0 Å². The smallest absolute Gasteiger partial charge is 0.241 e. The van der Waals surface area contributed by atoms with E-state index in [1.54, 1.807) is 6.07 Å². The zero-order valence-corrected chi connectivity index (χ0v) is 13.9. The van der Waals surface area contributed by atoms with E-state index in [1.165, 1.54) is 11.3 Å². The highest BCUT2D eigenvalue weighted by Crippen LogP contribution is 2.22. The van der Waals surface area contributed by atoms with Crippen LogP contribution in [0.4, 0.5) is 0 Å². The molecule has 19 heavy (non-hydrogen) atoms. The number of sulfonamides is 1. The molecule has 1 rings (SSSR count). The normalized spacial score (nSPS) is 14.3. The summed E-state index contributed by atoms with van der Waals surface area (Å²) in [4.78, 5) is 1.26. The molecular formula is C13H24N2O2S2. The summed E-state index contributed by atoms with van der Waals surface area (Å²) in [7, 11) is -3.42. The first-order valence-corrected chi connectivity index (χ1v) is 8.92. The van der Waals surface area contributed by atoms with Crippen LogP contribution < -0.4 is 10.0 Å². The molecule has 0 aliphatic carbocycles. The van der Waals surface area contributed by atoms with Gasteiger partial charge in [0.2, 0.25) is 10.0 Å². The molecule has 1 aromatic rings. The molecule has 0 bridgehead atoms. The molecule has 0 aliphatic heterocycles. The van der Waals surface area contributed by atoms with Crippen LogP contribution in [0.2, 0.25) is 0 Å². The molecule has 0 fully saturated rings. The van der Waals surface area contributed by atoms with Crippen molar-refractivity contribution in [3.8, 4) is 0 Å². The molecule has 0 saturated heterocycles. The molecule has 0 amide bonds. The number of thiophene rings is 1. The van der Waals surface area contributed by atoms with E-state index >= 15 is 0 Å². The van der Waals surface area contributed by atoms with Crippen molar-refractivity contribution in [1.29, 1.82) is 0 Å². The predicted octanol–water partition coefficient (Wildman–Crippen LogP) is 2.57. The monoisotopic (exact) mass is 304 g/mol. The lowest BCUT2D eigenvalue weighted by Crippen LogP contribution is -2.36. The van der Waals surface area contributed by atoms with Gasteiger partial charge >= 0.3 is 0 Å². The van der Waals surface area contributed by atoms with E-state index in [9.17, 15) is 8.42 Å². The van der Waals surface area contributed by atoms with Crippen LogP contribution in [0.3, 0.4) is 0 Å². The average molecular weight is 304 g/mol. The van der Waals surface area contributed by atoms with Gasteiger partial charge < -0.3 is 5.32 Å². The molecule has 2 N–H and O–H groups in total. The Kier molecular flexibility index (Phi) is 5.98. The molecule has 1 unspecified atom stereocenters. The first kappa shape index (κ1) is 16.6. The van der Waals surface area contributed by atoms with Crippen molar-refractivity contribution >= 4 is 21.4 Å². The largest absolute Gasteiger partial charge is 0.310 e. The lowest BCUT2D eigenvalue weighted by atomic mass is 10.1. The van der Waals surface area contributed by atoms with Gasteiger partial charge in [0.1, 0.15) is 0 Å². The Hall–Kier alpha value is -0.430. The molecule has 0 saturated carbocycles. The third-order valence-corrected chi connectivity index (χ3v) is 5.70. The fraction of sp³-hybridized carbons (Fsp3) is 0.692. The minimum atomic E-state index is -3.42. The summed E-state index contributed by atoms with van der Waals surface area (Å²) in [5.74, 6) is 0.269. The van der Waals surface area contributed by atoms with Gasteiger partial charge in [-0.2, -0.15) is 0 Å². The third kappa shape index (κ3) is 4.87. The van der Waals surface area contributed by atoms with Crippen LogP contribution in [-0.4, -0.2) is 20.5 Å². The van der Waals surface area contributed by atoms with E-state index in [0.29, 0.717) is 17.5 Å². The van der Waals surface area contributed by atoms with Gasteiger partial charge in [0.15, 0.2) is 0 Å². The highest BCUT2D eigenvalue weighted by Gasteiger charge is 2.22. The van der Waals surface area contributed by atoms with Gasteiger partial charge in [0.25, 0.3) is 0 Å². The van der Waals surface area contributed by atoms with Crippen molar-refractivity contribution in [2.24, 2.45) is 5.92 Å². The lowest BCUT2D eigenvalue weighted by molar-refractivity contribution is 0.476. The van der Waals surface area contributed by atoms with E-state index in [-0.39, 0.29) is 12.0 Å². The number of nitrogens with one attached hydrogen (secondary N) is 2. The Morgan fingerprint density at radius 1 is 1.21 bits per heavy atom. The number of hydrogen-bond acceptors (Lipinski definition) is 4. The molecule has 1 aromatic heterocycles. The molecule has 4 nitrogen and oxygen atoms in total. The SMILES string of the molecule is CC(C)NCc1sccc1S(=O)(=O)NC(C)C(C)C. The predicted molar refractivity (Wildman–Crippen MR) is 80.9 cm³/mol. The molecule has 0 aromatic carbocycles. The van der Waals surface area contributed by atoms with Crippen molar-refractivity contribution in [2.45, 2.75) is 58.1 Å². The zero-order valence-electron chi connectivity index (χ0n) is 12.2. The molecule has 0 radical (unpaired) electrons.